The molecule has 1 aromatic carbocycles. The Morgan fingerprint density at radius 2 is 1.71 bits per heavy atom. The van der Waals surface area contributed by atoms with Crippen molar-refractivity contribution < 1.29 is 4.79 Å². The molecule has 2 nitrogen and oxygen atoms in total. The molecule has 0 aliphatic rings. The number of rotatable bonds is 3. The van der Waals surface area contributed by atoms with E-state index in [1.807, 2.05) is 44.2 Å². The molecule has 0 unspecified atom stereocenters. The van der Waals surface area contributed by atoms with Crippen molar-refractivity contribution >= 4 is 23.9 Å². The first-order valence-electron chi connectivity index (χ1n) is 4.36. The molecular formula is C11H16ClNO. The van der Waals surface area contributed by atoms with E-state index in [9.17, 15) is 4.79 Å². The summed E-state index contributed by atoms with van der Waals surface area (Å²) in [5, 5.41) is 3.17. The van der Waals surface area contributed by atoms with Crippen molar-refractivity contribution in [1.82, 2.24) is 0 Å². The fraction of sp³-hybridized carbons (Fsp3) is 0.364. The number of hydrogen-bond donors (Lipinski definition) is 1. The molecule has 0 spiro atoms. The van der Waals surface area contributed by atoms with E-state index in [1.54, 1.807) is 6.92 Å². The lowest BCUT2D eigenvalue weighted by molar-refractivity contribution is -0.120. The van der Waals surface area contributed by atoms with Gasteiger partial charge in [-0.3, -0.25) is 4.79 Å². The van der Waals surface area contributed by atoms with E-state index in [1.165, 1.54) is 0 Å². The second-order valence-corrected chi connectivity index (χ2v) is 3.67. The fourth-order valence-corrected chi connectivity index (χ4v) is 0.970. The van der Waals surface area contributed by atoms with E-state index in [-0.39, 0.29) is 18.2 Å². The molecular weight excluding hydrogens is 198 g/mol. The van der Waals surface area contributed by atoms with Gasteiger partial charge in [0.15, 0.2) is 5.78 Å². The first-order valence-corrected chi connectivity index (χ1v) is 4.36. The first kappa shape index (κ1) is 13.0. The highest BCUT2D eigenvalue weighted by molar-refractivity contribution is 5.88. The summed E-state index contributed by atoms with van der Waals surface area (Å²) in [7, 11) is 0. The number of halogens is 1. The molecule has 78 valence electrons. The Hall–Kier alpha value is -1.02. The number of carbonyl (C=O) groups is 1. The summed E-state index contributed by atoms with van der Waals surface area (Å²) in [4.78, 5) is 11.2. The third kappa shape index (κ3) is 3.38. The van der Waals surface area contributed by atoms with Crippen molar-refractivity contribution in [2.75, 3.05) is 5.32 Å². The standard InChI is InChI=1S/C11H15NO.ClH/c1-9(13)11(2,3)12-10-7-5-4-6-8-10;/h4-8,12H,1-3H3;1H. The predicted octanol–water partition coefficient (Wildman–Crippen LogP) is 2.89. The van der Waals surface area contributed by atoms with Crippen LogP contribution in [0.15, 0.2) is 30.3 Å². The Labute approximate surface area is 91.1 Å². The largest absolute Gasteiger partial charge is 0.373 e. The van der Waals surface area contributed by atoms with Crippen LogP contribution in [0.4, 0.5) is 5.69 Å². The van der Waals surface area contributed by atoms with Crippen LogP contribution >= 0.6 is 12.4 Å². The second kappa shape index (κ2) is 5.01. The first-order chi connectivity index (χ1) is 6.02. The van der Waals surface area contributed by atoms with Gasteiger partial charge in [0.25, 0.3) is 0 Å². The summed E-state index contributed by atoms with van der Waals surface area (Å²) < 4.78 is 0. The average molecular weight is 214 g/mol. The Morgan fingerprint density at radius 3 is 2.14 bits per heavy atom. The molecule has 1 rings (SSSR count). The molecule has 0 heterocycles. The van der Waals surface area contributed by atoms with Gasteiger partial charge in [0, 0.05) is 5.69 Å². The maximum Gasteiger partial charge on any atom is 0.154 e. The summed E-state index contributed by atoms with van der Waals surface area (Å²) >= 11 is 0. The lowest BCUT2D eigenvalue weighted by Crippen LogP contribution is -2.38. The molecule has 0 aromatic heterocycles. The van der Waals surface area contributed by atoms with Gasteiger partial charge in [0.05, 0.1) is 5.54 Å². The molecule has 0 atom stereocenters. The minimum Gasteiger partial charge on any atom is -0.373 e. The van der Waals surface area contributed by atoms with Crippen LogP contribution in [-0.2, 0) is 4.79 Å². The Balaban J connectivity index is 0.00000169. The number of nitrogens with one attached hydrogen (secondary N) is 1. The minimum atomic E-state index is -0.485. The fourth-order valence-electron chi connectivity index (χ4n) is 0.970. The zero-order valence-electron chi connectivity index (χ0n) is 8.70. The van der Waals surface area contributed by atoms with E-state index >= 15 is 0 Å². The van der Waals surface area contributed by atoms with Crippen LogP contribution in [0, 0.1) is 0 Å². The van der Waals surface area contributed by atoms with Crippen molar-refractivity contribution in [3.63, 3.8) is 0 Å². The lowest BCUT2D eigenvalue weighted by atomic mass is 10.0. The zero-order chi connectivity index (χ0) is 9.90. The number of anilines is 1. The summed E-state index contributed by atoms with van der Waals surface area (Å²) in [6, 6.07) is 9.73. The van der Waals surface area contributed by atoms with Gasteiger partial charge in [-0.2, -0.15) is 0 Å². The van der Waals surface area contributed by atoms with Crippen molar-refractivity contribution in [2.24, 2.45) is 0 Å². The van der Waals surface area contributed by atoms with Gasteiger partial charge >= 0.3 is 0 Å². The average Bonchev–Trinajstić information content (AvgIpc) is 2.05. The lowest BCUT2D eigenvalue weighted by Gasteiger charge is -2.24. The van der Waals surface area contributed by atoms with E-state index in [0.29, 0.717) is 0 Å². The number of hydrogen-bond acceptors (Lipinski definition) is 2. The summed E-state index contributed by atoms with van der Waals surface area (Å²) in [6.45, 7) is 5.35. The minimum absolute atomic E-state index is 0. The highest BCUT2D eigenvalue weighted by atomic mass is 35.5. The van der Waals surface area contributed by atoms with E-state index in [2.05, 4.69) is 5.32 Å². The predicted molar refractivity (Wildman–Crippen MR) is 62.1 cm³/mol. The van der Waals surface area contributed by atoms with Gasteiger partial charge in [-0.05, 0) is 32.9 Å². The topological polar surface area (TPSA) is 29.1 Å². The number of benzene rings is 1. The van der Waals surface area contributed by atoms with Crippen molar-refractivity contribution in [3.8, 4) is 0 Å². The van der Waals surface area contributed by atoms with Gasteiger partial charge in [0.1, 0.15) is 0 Å². The molecule has 1 aromatic rings. The Kier molecular flexibility index (Phi) is 4.64. The molecule has 14 heavy (non-hydrogen) atoms. The van der Waals surface area contributed by atoms with Crippen LogP contribution in [0.3, 0.4) is 0 Å². The number of ketones is 1. The number of Topliss-reactive ketones (excluding diaryl/α,β-unsaturated/α-hetero) is 1. The molecule has 0 saturated heterocycles. The molecule has 0 amide bonds. The van der Waals surface area contributed by atoms with E-state index in [0.717, 1.165) is 5.69 Å². The number of para-hydroxylation sites is 1. The van der Waals surface area contributed by atoms with Crippen LogP contribution < -0.4 is 5.32 Å². The van der Waals surface area contributed by atoms with Crippen molar-refractivity contribution in [3.05, 3.63) is 30.3 Å². The van der Waals surface area contributed by atoms with Gasteiger partial charge in [-0.1, -0.05) is 18.2 Å². The third-order valence-corrected chi connectivity index (χ3v) is 2.11. The highest BCUT2D eigenvalue weighted by Crippen LogP contribution is 2.14. The Bertz CT molecular complexity index is 295. The maximum absolute atomic E-state index is 11.2. The van der Waals surface area contributed by atoms with E-state index in [4.69, 9.17) is 0 Å². The van der Waals surface area contributed by atoms with Crippen LogP contribution in [0.5, 0.6) is 0 Å². The smallest absolute Gasteiger partial charge is 0.154 e. The Morgan fingerprint density at radius 1 is 1.21 bits per heavy atom. The van der Waals surface area contributed by atoms with Crippen LogP contribution in [0.1, 0.15) is 20.8 Å². The highest BCUT2D eigenvalue weighted by Gasteiger charge is 2.22. The molecule has 0 bridgehead atoms. The zero-order valence-corrected chi connectivity index (χ0v) is 9.52. The summed E-state index contributed by atoms with van der Waals surface area (Å²) in [6.07, 6.45) is 0. The maximum atomic E-state index is 11.2. The SMILES string of the molecule is CC(=O)C(C)(C)Nc1ccccc1.Cl. The molecule has 3 heteroatoms. The normalized spacial score (nSPS) is 10.2. The van der Waals surface area contributed by atoms with Crippen LogP contribution in [0.2, 0.25) is 0 Å². The van der Waals surface area contributed by atoms with E-state index < -0.39 is 5.54 Å². The molecule has 0 aliphatic heterocycles. The molecule has 1 N–H and O–H groups in total. The quantitative estimate of drug-likeness (QED) is 0.837. The van der Waals surface area contributed by atoms with Crippen molar-refractivity contribution in [1.29, 1.82) is 0 Å². The van der Waals surface area contributed by atoms with Gasteiger partial charge in [0.2, 0.25) is 0 Å². The van der Waals surface area contributed by atoms with Gasteiger partial charge < -0.3 is 5.32 Å². The molecule has 0 radical (unpaired) electrons. The molecule has 0 saturated carbocycles. The monoisotopic (exact) mass is 213 g/mol. The summed E-state index contributed by atoms with van der Waals surface area (Å²) in [5.41, 5.74) is 0.490. The van der Waals surface area contributed by atoms with Crippen LogP contribution in [-0.4, -0.2) is 11.3 Å². The van der Waals surface area contributed by atoms with Gasteiger partial charge in [-0.15, -0.1) is 12.4 Å². The van der Waals surface area contributed by atoms with Crippen molar-refractivity contribution in [2.45, 2.75) is 26.3 Å². The third-order valence-electron chi connectivity index (χ3n) is 2.11. The molecule has 0 fully saturated rings. The van der Waals surface area contributed by atoms with Crippen LogP contribution in [0.25, 0.3) is 0 Å². The molecule has 0 aliphatic carbocycles. The van der Waals surface area contributed by atoms with Gasteiger partial charge in [-0.25, -0.2) is 0 Å². The number of carbonyl (C=O) groups excluding carboxylic acids is 1. The second-order valence-electron chi connectivity index (χ2n) is 3.67. The summed E-state index contributed by atoms with van der Waals surface area (Å²) in [5.74, 6) is 0.136.